The standard InChI is InChI=1S/C26H30ClN7/c1-18-6-5-9-20(27)24(18)31-25-22-16-28-17-34(22)26-21(29-25)10-11-23(30-26)33-14-12-32(13-15-33)19-7-3-2-4-8-19/h5-6,9-11,16-17,19H,2-4,7-8,12-15H2,1H3,(H,29,31). The number of aromatic nitrogens is 4. The summed E-state index contributed by atoms with van der Waals surface area (Å²) in [5.74, 6) is 1.73. The van der Waals surface area contributed by atoms with Crippen molar-refractivity contribution in [2.75, 3.05) is 36.4 Å². The van der Waals surface area contributed by atoms with Crippen molar-refractivity contribution < 1.29 is 0 Å². The summed E-state index contributed by atoms with van der Waals surface area (Å²) in [6.45, 7) is 6.29. The summed E-state index contributed by atoms with van der Waals surface area (Å²) in [7, 11) is 0. The van der Waals surface area contributed by atoms with Crippen LogP contribution in [0.2, 0.25) is 5.02 Å². The number of fused-ring (bicyclic) bond motifs is 3. The zero-order valence-corrected chi connectivity index (χ0v) is 20.3. The Labute approximate surface area is 204 Å². The molecule has 1 aliphatic carbocycles. The van der Waals surface area contributed by atoms with E-state index >= 15 is 0 Å². The fraction of sp³-hybridized carbons (Fsp3) is 0.423. The van der Waals surface area contributed by atoms with Crippen LogP contribution in [0, 0.1) is 6.92 Å². The maximum Gasteiger partial charge on any atom is 0.166 e. The lowest BCUT2D eigenvalue weighted by atomic mass is 9.94. The highest BCUT2D eigenvalue weighted by Gasteiger charge is 2.26. The summed E-state index contributed by atoms with van der Waals surface area (Å²) in [5, 5.41) is 4.10. The monoisotopic (exact) mass is 475 g/mol. The second-order valence-electron chi connectivity index (χ2n) is 9.49. The summed E-state index contributed by atoms with van der Waals surface area (Å²) in [5.41, 5.74) is 4.44. The summed E-state index contributed by atoms with van der Waals surface area (Å²) in [6.07, 6.45) is 10.5. The Morgan fingerprint density at radius 1 is 0.971 bits per heavy atom. The van der Waals surface area contributed by atoms with E-state index in [0.29, 0.717) is 5.02 Å². The van der Waals surface area contributed by atoms with Crippen LogP contribution in [0.4, 0.5) is 17.3 Å². The number of anilines is 3. The van der Waals surface area contributed by atoms with E-state index in [1.54, 1.807) is 0 Å². The number of hydrogen-bond acceptors (Lipinski definition) is 6. The molecule has 7 nitrogen and oxygen atoms in total. The molecule has 176 valence electrons. The van der Waals surface area contributed by atoms with Crippen molar-refractivity contribution in [1.82, 2.24) is 24.3 Å². The Morgan fingerprint density at radius 3 is 2.59 bits per heavy atom. The number of pyridine rings is 1. The molecule has 0 unspecified atom stereocenters. The molecule has 0 amide bonds. The van der Waals surface area contributed by atoms with Crippen LogP contribution in [-0.4, -0.2) is 56.5 Å². The highest BCUT2D eigenvalue weighted by Crippen LogP contribution is 2.31. The molecule has 34 heavy (non-hydrogen) atoms. The topological polar surface area (TPSA) is 61.6 Å². The Kier molecular flexibility index (Phi) is 5.75. The quantitative estimate of drug-likeness (QED) is 0.424. The first-order valence-electron chi connectivity index (χ1n) is 12.3. The van der Waals surface area contributed by atoms with Crippen molar-refractivity contribution in [1.29, 1.82) is 0 Å². The van der Waals surface area contributed by atoms with Crippen molar-refractivity contribution in [3.63, 3.8) is 0 Å². The van der Waals surface area contributed by atoms with Gasteiger partial charge in [0.05, 0.1) is 16.9 Å². The van der Waals surface area contributed by atoms with Crippen LogP contribution in [-0.2, 0) is 0 Å². The molecule has 0 radical (unpaired) electrons. The van der Waals surface area contributed by atoms with E-state index < -0.39 is 0 Å². The lowest BCUT2D eigenvalue weighted by Gasteiger charge is -2.41. The van der Waals surface area contributed by atoms with Gasteiger partial charge >= 0.3 is 0 Å². The number of rotatable bonds is 4. The molecule has 3 aromatic heterocycles. The fourth-order valence-electron chi connectivity index (χ4n) is 5.45. The first kappa shape index (κ1) is 21.6. The van der Waals surface area contributed by atoms with Gasteiger partial charge in [0.15, 0.2) is 11.5 Å². The molecular formula is C26H30ClN7. The molecule has 0 atom stereocenters. The number of para-hydroxylation sites is 1. The normalized spacial score (nSPS) is 18.1. The summed E-state index contributed by atoms with van der Waals surface area (Å²) < 4.78 is 2.01. The first-order valence-corrected chi connectivity index (χ1v) is 12.7. The van der Waals surface area contributed by atoms with Gasteiger partial charge < -0.3 is 10.2 Å². The largest absolute Gasteiger partial charge is 0.354 e. The average molecular weight is 476 g/mol. The third-order valence-electron chi connectivity index (χ3n) is 7.38. The number of benzene rings is 1. The van der Waals surface area contributed by atoms with Gasteiger partial charge in [0, 0.05) is 32.2 Å². The van der Waals surface area contributed by atoms with Gasteiger partial charge in [-0.25, -0.2) is 15.0 Å². The SMILES string of the molecule is Cc1cccc(Cl)c1Nc1nc2ccc(N3CCN(C4CCCCC4)CC3)nc2n2cncc12. The van der Waals surface area contributed by atoms with Gasteiger partial charge in [-0.05, 0) is 43.5 Å². The molecular weight excluding hydrogens is 446 g/mol. The molecule has 1 aliphatic heterocycles. The molecule has 4 aromatic rings. The Balaban J connectivity index is 1.28. The van der Waals surface area contributed by atoms with Crippen LogP contribution >= 0.6 is 11.6 Å². The van der Waals surface area contributed by atoms with Crippen molar-refractivity contribution in [3.05, 3.63) is 53.4 Å². The van der Waals surface area contributed by atoms with E-state index in [9.17, 15) is 0 Å². The minimum atomic E-state index is 0.667. The van der Waals surface area contributed by atoms with Crippen LogP contribution in [0.25, 0.3) is 16.7 Å². The van der Waals surface area contributed by atoms with E-state index in [-0.39, 0.29) is 0 Å². The van der Waals surface area contributed by atoms with Crippen molar-refractivity contribution in [2.24, 2.45) is 0 Å². The smallest absolute Gasteiger partial charge is 0.166 e. The second-order valence-corrected chi connectivity index (χ2v) is 9.90. The molecule has 1 saturated carbocycles. The van der Waals surface area contributed by atoms with Crippen LogP contribution in [0.5, 0.6) is 0 Å². The molecule has 2 fully saturated rings. The summed E-state index contributed by atoms with van der Waals surface area (Å²) in [4.78, 5) is 19.4. The zero-order chi connectivity index (χ0) is 23.1. The maximum atomic E-state index is 6.46. The minimum absolute atomic E-state index is 0.667. The van der Waals surface area contributed by atoms with Gasteiger partial charge in [0.2, 0.25) is 0 Å². The van der Waals surface area contributed by atoms with E-state index in [0.717, 1.165) is 71.8 Å². The molecule has 0 bridgehead atoms. The number of halogens is 1. The van der Waals surface area contributed by atoms with E-state index in [4.69, 9.17) is 21.6 Å². The molecule has 1 aromatic carbocycles. The van der Waals surface area contributed by atoms with E-state index in [2.05, 4.69) is 32.2 Å². The fourth-order valence-corrected chi connectivity index (χ4v) is 5.72. The van der Waals surface area contributed by atoms with Crippen molar-refractivity contribution in [2.45, 2.75) is 45.1 Å². The second kappa shape index (κ2) is 9.04. The zero-order valence-electron chi connectivity index (χ0n) is 19.5. The van der Waals surface area contributed by atoms with Crippen LogP contribution in [0.15, 0.2) is 42.9 Å². The Bertz CT molecular complexity index is 1300. The highest BCUT2D eigenvalue weighted by atomic mass is 35.5. The predicted molar refractivity (Wildman–Crippen MR) is 138 cm³/mol. The lowest BCUT2D eigenvalue weighted by Crippen LogP contribution is -2.51. The molecule has 4 heterocycles. The number of piperazine rings is 1. The van der Waals surface area contributed by atoms with Crippen LogP contribution in [0.1, 0.15) is 37.7 Å². The number of aryl methyl sites for hydroxylation is 1. The predicted octanol–water partition coefficient (Wildman–Crippen LogP) is 5.44. The van der Waals surface area contributed by atoms with Crippen LogP contribution in [0.3, 0.4) is 0 Å². The van der Waals surface area contributed by atoms with Gasteiger partial charge in [-0.3, -0.25) is 9.30 Å². The van der Waals surface area contributed by atoms with Gasteiger partial charge in [-0.1, -0.05) is 43.0 Å². The third kappa shape index (κ3) is 3.97. The molecule has 0 spiro atoms. The maximum absolute atomic E-state index is 6.46. The van der Waals surface area contributed by atoms with E-state index in [1.807, 2.05) is 42.0 Å². The van der Waals surface area contributed by atoms with Gasteiger partial charge in [0.25, 0.3) is 0 Å². The summed E-state index contributed by atoms with van der Waals surface area (Å²) >= 11 is 6.46. The number of imidazole rings is 1. The van der Waals surface area contributed by atoms with Gasteiger partial charge in [0.1, 0.15) is 23.2 Å². The Morgan fingerprint density at radius 2 is 1.79 bits per heavy atom. The molecule has 8 heteroatoms. The average Bonchev–Trinajstić information content (AvgIpc) is 3.38. The van der Waals surface area contributed by atoms with Gasteiger partial charge in [-0.15, -0.1) is 0 Å². The Hall–Kier alpha value is -2.90. The lowest BCUT2D eigenvalue weighted by molar-refractivity contribution is 0.147. The summed E-state index contributed by atoms with van der Waals surface area (Å²) in [6, 6.07) is 10.8. The number of hydrogen-bond donors (Lipinski definition) is 1. The van der Waals surface area contributed by atoms with E-state index in [1.165, 1.54) is 32.1 Å². The van der Waals surface area contributed by atoms with Gasteiger partial charge in [-0.2, -0.15) is 0 Å². The molecule has 1 saturated heterocycles. The van der Waals surface area contributed by atoms with Crippen molar-refractivity contribution in [3.8, 4) is 0 Å². The number of nitrogens with one attached hydrogen (secondary N) is 1. The molecule has 1 N–H and O–H groups in total. The van der Waals surface area contributed by atoms with Crippen LogP contribution < -0.4 is 10.2 Å². The first-order chi connectivity index (χ1) is 16.7. The number of nitrogens with zero attached hydrogens (tertiary/aromatic N) is 6. The molecule has 6 rings (SSSR count). The highest BCUT2D eigenvalue weighted by molar-refractivity contribution is 6.33. The molecule has 2 aliphatic rings. The third-order valence-corrected chi connectivity index (χ3v) is 7.69. The van der Waals surface area contributed by atoms with Crippen molar-refractivity contribution >= 4 is 45.6 Å². The minimum Gasteiger partial charge on any atom is -0.354 e.